The number of amides is 4. The highest BCUT2D eigenvalue weighted by atomic mass is 16.6. The minimum absolute atomic E-state index is 0.0314. The molecule has 2 aliphatic rings. The summed E-state index contributed by atoms with van der Waals surface area (Å²) in [6, 6.07) is 7.84. The second-order valence-corrected chi connectivity index (χ2v) is 9.37. The predicted molar refractivity (Wildman–Crippen MR) is 137 cm³/mol. The zero-order valence-electron chi connectivity index (χ0n) is 21.6. The van der Waals surface area contributed by atoms with E-state index in [1.165, 1.54) is 11.2 Å². The van der Waals surface area contributed by atoms with Crippen LogP contribution in [0.4, 0.5) is 9.59 Å². The fraction of sp³-hybridized carbons (Fsp3) is 0.417. The lowest BCUT2D eigenvalue weighted by molar-refractivity contribution is -0.144. The van der Waals surface area contributed by atoms with Crippen molar-refractivity contribution in [2.45, 2.75) is 39.0 Å². The highest BCUT2D eigenvalue weighted by Gasteiger charge is 2.38. The zero-order chi connectivity index (χ0) is 28.6. The third kappa shape index (κ3) is 8.91. The summed E-state index contributed by atoms with van der Waals surface area (Å²) in [6.07, 6.45) is -0.477. The van der Waals surface area contributed by atoms with Gasteiger partial charge < -0.3 is 29.7 Å². The quantitative estimate of drug-likeness (QED) is 0.394. The highest BCUT2D eigenvalue weighted by Crippen LogP contribution is 2.13. The second-order valence-electron chi connectivity index (χ2n) is 9.37. The van der Waals surface area contributed by atoms with Gasteiger partial charge in [-0.2, -0.15) is 4.99 Å². The van der Waals surface area contributed by atoms with Crippen LogP contribution < -0.4 is 10.6 Å². The molecule has 2 aliphatic heterocycles. The summed E-state index contributed by atoms with van der Waals surface area (Å²) in [4.78, 5) is 74.8. The Morgan fingerprint density at radius 2 is 1.92 bits per heavy atom. The van der Waals surface area contributed by atoms with Gasteiger partial charge in [-0.3, -0.25) is 24.7 Å². The van der Waals surface area contributed by atoms with Gasteiger partial charge in [-0.15, -0.1) is 4.99 Å². The predicted octanol–water partition coefficient (Wildman–Crippen LogP) is 0.358. The van der Waals surface area contributed by atoms with Crippen molar-refractivity contribution in [2.24, 2.45) is 15.0 Å². The van der Waals surface area contributed by atoms with Gasteiger partial charge in [-0.05, 0) is 26.3 Å². The number of aliphatic imine (C=N–C) groups is 3. The molecular weight excluding hydrogens is 514 g/mol. The fourth-order valence-corrected chi connectivity index (χ4v) is 3.38. The van der Waals surface area contributed by atoms with Crippen LogP contribution in [0.1, 0.15) is 26.3 Å². The van der Waals surface area contributed by atoms with Crippen molar-refractivity contribution in [1.29, 1.82) is 0 Å². The average molecular weight is 544 g/mol. The van der Waals surface area contributed by atoms with E-state index >= 15 is 0 Å². The van der Waals surface area contributed by atoms with Crippen LogP contribution in [0.2, 0.25) is 0 Å². The third-order valence-corrected chi connectivity index (χ3v) is 5.03. The number of hydrogen-bond donors (Lipinski definition) is 3. The number of benzene rings is 1. The molecule has 1 aromatic carbocycles. The van der Waals surface area contributed by atoms with E-state index in [0.29, 0.717) is 0 Å². The van der Waals surface area contributed by atoms with E-state index in [4.69, 9.17) is 9.47 Å². The highest BCUT2D eigenvalue weighted by molar-refractivity contribution is 6.24. The van der Waals surface area contributed by atoms with Crippen LogP contribution in [-0.4, -0.2) is 101 Å². The maximum absolute atomic E-state index is 12.9. The molecule has 3 N–H and O–H groups in total. The second kappa shape index (κ2) is 12.6. The maximum atomic E-state index is 12.9. The lowest BCUT2D eigenvalue weighted by Crippen LogP contribution is -2.51. The molecule has 0 aromatic heterocycles. The van der Waals surface area contributed by atoms with Crippen LogP contribution in [0.15, 0.2) is 45.3 Å². The van der Waals surface area contributed by atoms with Crippen LogP contribution in [0.25, 0.3) is 0 Å². The fourth-order valence-electron chi connectivity index (χ4n) is 3.38. The van der Waals surface area contributed by atoms with Crippen molar-refractivity contribution in [3.63, 3.8) is 0 Å². The number of fused-ring (bicyclic) bond motifs is 1. The molecule has 4 amide bonds. The van der Waals surface area contributed by atoms with Crippen LogP contribution in [-0.2, 0) is 30.5 Å². The Kier molecular flexibility index (Phi) is 9.30. The number of alkyl carbamates (subject to hydrolysis) is 1. The standard InChI is InChI=1S/C24H29N7O8/c1-24(2,3)39-22(36)25-9-10-30(12-17(33)34)16(32)11-31-14-26-18-19(31)27-21(28-20(18)35)29-23(37)38-13-15-7-5-4-6-8-15/h4-8,14,18H,9-13H2,1-3H3,(H,25,36)(H,33,34)(H,28,29,35,37). The molecule has 208 valence electrons. The number of aliphatic carboxylic acids is 1. The summed E-state index contributed by atoms with van der Waals surface area (Å²) in [5, 5.41) is 14.0. The molecule has 0 saturated heterocycles. The summed E-state index contributed by atoms with van der Waals surface area (Å²) < 4.78 is 10.2. The van der Waals surface area contributed by atoms with Crippen LogP contribution in [0.5, 0.6) is 0 Å². The van der Waals surface area contributed by atoms with Crippen LogP contribution >= 0.6 is 0 Å². The molecule has 0 fully saturated rings. The Morgan fingerprint density at radius 1 is 1.21 bits per heavy atom. The Labute approximate surface area is 223 Å². The molecule has 0 radical (unpaired) electrons. The number of guanidine groups is 1. The Bertz CT molecular complexity index is 1210. The molecular formula is C24H29N7O8. The zero-order valence-corrected chi connectivity index (χ0v) is 21.6. The van der Waals surface area contributed by atoms with E-state index in [1.807, 2.05) is 6.07 Å². The number of carboxylic acid groups (broad SMARTS) is 1. The molecule has 0 spiro atoms. The van der Waals surface area contributed by atoms with E-state index in [-0.39, 0.29) is 31.5 Å². The molecule has 15 nitrogen and oxygen atoms in total. The van der Waals surface area contributed by atoms with Gasteiger partial charge in [0.25, 0.3) is 5.91 Å². The van der Waals surface area contributed by atoms with Crippen LogP contribution in [0.3, 0.4) is 0 Å². The number of nitrogens with zero attached hydrogens (tertiary/aromatic N) is 5. The largest absolute Gasteiger partial charge is 0.480 e. The smallest absolute Gasteiger partial charge is 0.437 e. The molecule has 1 unspecified atom stereocenters. The number of nitrogens with one attached hydrogen (secondary N) is 2. The van der Waals surface area contributed by atoms with Crippen molar-refractivity contribution in [3.05, 3.63) is 35.9 Å². The van der Waals surface area contributed by atoms with Crippen molar-refractivity contribution < 1.29 is 38.6 Å². The van der Waals surface area contributed by atoms with Crippen molar-refractivity contribution in [3.8, 4) is 0 Å². The number of hydrogen-bond acceptors (Lipinski definition) is 9. The lowest BCUT2D eigenvalue weighted by Gasteiger charge is -2.26. The Balaban J connectivity index is 1.63. The number of amidine groups is 1. The molecule has 39 heavy (non-hydrogen) atoms. The van der Waals surface area contributed by atoms with E-state index in [9.17, 15) is 29.1 Å². The molecule has 0 bridgehead atoms. The minimum Gasteiger partial charge on any atom is -0.480 e. The SMILES string of the molecule is CC(C)(C)OC(=O)NCCN(CC(=O)O)C(=O)CN1C=NC2C(=O)N/C(=N\C(=O)OCc3ccccc3)N=C21. The van der Waals surface area contributed by atoms with Gasteiger partial charge >= 0.3 is 18.2 Å². The van der Waals surface area contributed by atoms with Crippen molar-refractivity contribution >= 4 is 48.1 Å². The van der Waals surface area contributed by atoms with E-state index in [0.717, 1.165) is 10.5 Å². The van der Waals surface area contributed by atoms with Gasteiger partial charge in [-0.1, -0.05) is 30.3 Å². The normalized spacial score (nSPS) is 17.2. The number of carboxylic acids is 1. The number of carbonyl (C=O) groups is 5. The molecule has 2 heterocycles. The van der Waals surface area contributed by atoms with Crippen molar-refractivity contribution in [1.82, 2.24) is 20.4 Å². The first-order valence-corrected chi connectivity index (χ1v) is 11.9. The monoisotopic (exact) mass is 543 g/mol. The average Bonchev–Trinajstić information content (AvgIpc) is 3.24. The van der Waals surface area contributed by atoms with Gasteiger partial charge in [0.2, 0.25) is 11.9 Å². The number of carbonyl (C=O) groups excluding carboxylic acids is 4. The molecule has 15 heteroatoms. The van der Waals surface area contributed by atoms with E-state index < -0.39 is 54.7 Å². The molecule has 1 atom stereocenters. The first-order valence-electron chi connectivity index (χ1n) is 11.9. The summed E-state index contributed by atoms with van der Waals surface area (Å²) in [5.41, 5.74) is 0.0197. The summed E-state index contributed by atoms with van der Waals surface area (Å²) in [6.45, 7) is 3.83. The van der Waals surface area contributed by atoms with Gasteiger partial charge in [0, 0.05) is 13.1 Å². The van der Waals surface area contributed by atoms with Gasteiger partial charge in [0.1, 0.15) is 31.1 Å². The molecule has 1 aromatic rings. The Morgan fingerprint density at radius 3 is 2.59 bits per heavy atom. The summed E-state index contributed by atoms with van der Waals surface area (Å²) in [7, 11) is 0. The number of rotatable bonds is 9. The lowest BCUT2D eigenvalue weighted by atomic mass is 10.2. The topological polar surface area (TPSA) is 192 Å². The van der Waals surface area contributed by atoms with E-state index in [2.05, 4.69) is 25.6 Å². The van der Waals surface area contributed by atoms with Crippen molar-refractivity contribution in [2.75, 3.05) is 26.2 Å². The Hall–Kier alpha value is -4.82. The summed E-state index contributed by atoms with van der Waals surface area (Å²) in [5.74, 6) is -2.82. The molecule has 3 rings (SSSR count). The molecule has 0 aliphatic carbocycles. The molecule has 0 saturated carbocycles. The maximum Gasteiger partial charge on any atom is 0.437 e. The summed E-state index contributed by atoms with van der Waals surface area (Å²) >= 11 is 0. The van der Waals surface area contributed by atoms with Gasteiger partial charge in [-0.25, -0.2) is 9.59 Å². The van der Waals surface area contributed by atoms with Gasteiger partial charge in [0.15, 0.2) is 6.04 Å². The number of ether oxygens (including phenoxy) is 2. The van der Waals surface area contributed by atoms with E-state index in [1.54, 1.807) is 45.0 Å². The van der Waals surface area contributed by atoms with Gasteiger partial charge in [0.05, 0.1) is 6.34 Å². The first-order chi connectivity index (χ1) is 18.4. The third-order valence-electron chi connectivity index (χ3n) is 5.03. The minimum atomic E-state index is -1.26. The first kappa shape index (κ1) is 28.7. The van der Waals surface area contributed by atoms with Crippen LogP contribution in [0, 0.1) is 0 Å².